The van der Waals surface area contributed by atoms with Gasteiger partial charge in [-0.15, -0.1) is 0 Å². The molecule has 2 aliphatic heterocycles. The minimum atomic E-state index is -4.34. The molecule has 0 radical (unpaired) electrons. The fourth-order valence-electron chi connectivity index (χ4n) is 4.71. The molecule has 3 amide bonds. The van der Waals surface area contributed by atoms with Gasteiger partial charge < -0.3 is 15.1 Å². The molecule has 1 atom stereocenters. The number of alkyl halides is 3. The van der Waals surface area contributed by atoms with Gasteiger partial charge in [-0.25, -0.2) is 4.79 Å². The van der Waals surface area contributed by atoms with Crippen molar-refractivity contribution in [2.75, 3.05) is 13.1 Å². The Bertz CT molecular complexity index is 848. The van der Waals surface area contributed by atoms with Gasteiger partial charge in [0, 0.05) is 36.0 Å². The van der Waals surface area contributed by atoms with Gasteiger partial charge in [-0.05, 0) is 45.1 Å². The zero-order chi connectivity index (χ0) is 20.8. The molecule has 29 heavy (non-hydrogen) atoms. The smallest absolute Gasteiger partial charge is 0.339 e. The van der Waals surface area contributed by atoms with Gasteiger partial charge >= 0.3 is 12.2 Å². The number of likely N-dealkylation sites (tertiary alicyclic amines) is 1. The van der Waals surface area contributed by atoms with Gasteiger partial charge in [0.15, 0.2) is 0 Å². The van der Waals surface area contributed by atoms with Crippen molar-refractivity contribution in [1.29, 1.82) is 0 Å². The number of carbonyl (C=O) groups excluding carboxylic acids is 2. The van der Waals surface area contributed by atoms with E-state index in [4.69, 9.17) is 0 Å². The maximum atomic E-state index is 12.8. The number of nitrogens with one attached hydrogen (secondary N) is 1. The Morgan fingerprint density at radius 1 is 1.17 bits per heavy atom. The predicted molar refractivity (Wildman–Crippen MR) is 102 cm³/mol. The summed E-state index contributed by atoms with van der Waals surface area (Å²) in [5, 5.41) is 2.95. The molecule has 8 heteroatoms. The third-order valence-electron chi connectivity index (χ3n) is 6.39. The van der Waals surface area contributed by atoms with Crippen LogP contribution >= 0.6 is 0 Å². The predicted octanol–water partition coefficient (Wildman–Crippen LogP) is 3.81. The quantitative estimate of drug-likeness (QED) is 0.757. The number of carbonyl (C=O) groups is 2. The summed E-state index contributed by atoms with van der Waals surface area (Å²) < 4.78 is 38.3. The van der Waals surface area contributed by atoms with Crippen LogP contribution in [0.4, 0.5) is 18.0 Å². The van der Waals surface area contributed by atoms with Gasteiger partial charge in [-0.2, -0.15) is 13.2 Å². The van der Waals surface area contributed by atoms with Crippen molar-refractivity contribution in [3.05, 3.63) is 47.2 Å². The third-order valence-corrected chi connectivity index (χ3v) is 6.39. The molecule has 4 rings (SSSR count). The highest BCUT2D eigenvalue weighted by atomic mass is 19.4. The molecule has 0 aromatic heterocycles. The largest absolute Gasteiger partial charge is 0.412 e. The molecule has 2 fully saturated rings. The maximum Gasteiger partial charge on any atom is 0.412 e. The summed E-state index contributed by atoms with van der Waals surface area (Å²) in [6.07, 6.45) is 5.92. The first-order chi connectivity index (χ1) is 13.7. The molecule has 1 unspecified atom stereocenters. The van der Waals surface area contributed by atoms with E-state index in [0.29, 0.717) is 31.5 Å². The van der Waals surface area contributed by atoms with Gasteiger partial charge in [0.2, 0.25) is 5.91 Å². The van der Waals surface area contributed by atoms with Crippen molar-refractivity contribution in [2.24, 2.45) is 0 Å². The van der Waals surface area contributed by atoms with E-state index >= 15 is 0 Å². The number of hydrogen-bond donors (Lipinski definition) is 1. The van der Waals surface area contributed by atoms with Crippen molar-refractivity contribution in [2.45, 2.75) is 56.8 Å². The standard InChI is InChI=1S/C21H24F3N3O2/c1-20-11-3-2-4-17(20)25-19(29)27(20)16-9-12-26(13-10-16)18(28)14-5-7-15(8-6-14)21(22,23)24/h2-5,7,16H,6,8-13H2,1H3,(H,25,29). The average Bonchev–Trinajstić information content (AvgIpc) is 2.96. The number of allylic oxidation sites excluding steroid dienone is 5. The van der Waals surface area contributed by atoms with Crippen molar-refractivity contribution in [1.82, 2.24) is 15.1 Å². The van der Waals surface area contributed by atoms with Gasteiger partial charge in [0.1, 0.15) is 0 Å². The second-order valence-electron chi connectivity index (χ2n) is 8.19. The summed E-state index contributed by atoms with van der Waals surface area (Å²) in [4.78, 5) is 28.9. The lowest BCUT2D eigenvalue weighted by atomic mass is 9.87. The molecule has 4 aliphatic rings. The molecule has 156 valence electrons. The van der Waals surface area contributed by atoms with E-state index in [2.05, 4.69) is 12.2 Å². The van der Waals surface area contributed by atoms with Crippen molar-refractivity contribution < 1.29 is 22.8 Å². The SMILES string of the molecule is CC12CC=CC=C1NC(=O)N2C1CCN(C(=O)C2=CC=C(C(F)(F)F)CC2)CC1. The van der Waals surface area contributed by atoms with Crippen LogP contribution in [0.3, 0.4) is 0 Å². The summed E-state index contributed by atoms with van der Waals surface area (Å²) in [5.74, 6) is -0.195. The first-order valence-corrected chi connectivity index (χ1v) is 9.94. The zero-order valence-corrected chi connectivity index (χ0v) is 16.3. The summed E-state index contributed by atoms with van der Waals surface area (Å²) >= 11 is 0. The van der Waals surface area contributed by atoms with Gasteiger partial charge in [-0.3, -0.25) is 4.79 Å². The Balaban J connectivity index is 1.40. The lowest BCUT2D eigenvalue weighted by Crippen LogP contribution is -2.54. The topological polar surface area (TPSA) is 52.7 Å². The number of hydrogen-bond acceptors (Lipinski definition) is 2. The van der Waals surface area contributed by atoms with Crippen LogP contribution in [0.5, 0.6) is 0 Å². The molecule has 2 heterocycles. The molecular weight excluding hydrogens is 383 g/mol. The molecule has 2 aliphatic carbocycles. The highest BCUT2D eigenvalue weighted by Gasteiger charge is 2.49. The van der Waals surface area contributed by atoms with E-state index in [9.17, 15) is 22.8 Å². The molecular formula is C21H24F3N3O2. The Labute approximate surface area is 167 Å². The zero-order valence-electron chi connectivity index (χ0n) is 16.3. The van der Waals surface area contributed by atoms with E-state index in [0.717, 1.165) is 18.2 Å². The fourth-order valence-corrected chi connectivity index (χ4v) is 4.71. The summed E-state index contributed by atoms with van der Waals surface area (Å²) in [6.45, 7) is 3.03. The molecule has 5 nitrogen and oxygen atoms in total. The van der Waals surface area contributed by atoms with Gasteiger partial charge in [-0.1, -0.05) is 24.3 Å². The van der Waals surface area contributed by atoms with Crippen molar-refractivity contribution >= 4 is 11.9 Å². The molecule has 0 aromatic carbocycles. The third kappa shape index (κ3) is 3.49. The lowest BCUT2D eigenvalue weighted by Gasteiger charge is -2.43. The average molecular weight is 407 g/mol. The van der Waals surface area contributed by atoms with Crippen LogP contribution in [0.1, 0.15) is 39.0 Å². The molecule has 0 spiro atoms. The first-order valence-electron chi connectivity index (χ1n) is 9.94. The number of fused-ring (bicyclic) bond motifs is 1. The number of piperidine rings is 1. The van der Waals surface area contributed by atoms with Gasteiger partial charge in [0.25, 0.3) is 0 Å². The Morgan fingerprint density at radius 3 is 2.52 bits per heavy atom. The summed E-state index contributed by atoms with van der Waals surface area (Å²) in [5.41, 5.74) is 0.354. The number of amides is 3. The maximum absolute atomic E-state index is 12.8. The van der Waals surface area contributed by atoms with Crippen molar-refractivity contribution in [3.8, 4) is 0 Å². The van der Waals surface area contributed by atoms with Gasteiger partial charge in [0.05, 0.1) is 5.54 Å². The summed E-state index contributed by atoms with van der Waals surface area (Å²) in [7, 11) is 0. The minimum absolute atomic E-state index is 0.0264. The Hall–Kier alpha value is -2.51. The molecule has 0 aromatic rings. The molecule has 0 bridgehead atoms. The number of nitrogens with zero attached hydrogens (tertiary/aromatic N) is 2. The van der Waals surface area contributed by atoms with E-state index in [1.807, 2.05) is 23.1 Å². The second-order valence-corrected chi connectivity index (χ2v) is 8.19. The molecule has 1 N–H and O–H groups in total. The Morgan fingerprint density at radius 2 is 1.90 bits per heavy atom. The highest BCUT2D eigenvalue weighted by Crippen LogP contribution is 2.39. The molecule has 0 saturated carbocycles. The number of urea groups is 1. The van der Waals surface area contributed by atoms with Crippen LogP contribution < -0.4 is 5.32 Å². The Kier molecular flexibility index (Phi) is 4.83. The molecule has 2 saturated heterocycles. The van der Waals surface area contributed by atoms with Crippen LogP contribution in [-0.4, -0.2) is 52.6 Å². The lowest BCUT2D eigenvalue weighted by molar-refractivity contribution is -0.129. The van der Waals surface area contributed by atoms with E-state index in [1.54, 1.807) is 4.90 Å². The fraction of sp³-hybridized carbons (Fsp3) is 0.524. The highest BCUT2D eigenvalue weighted by molar-refractivity contribution is 5.94. The normalized spacial score (nSPS) is 27.9. The minimum Gasteiger partial charge on any atom is -0.339 e. The van der Waals surface area contributed by atoms with Crippen LogP contribution in [0.2, 0.25) is 0 Å². The van der Waals surface area contributed by atoms with Crippen molar-refractivity contribution in [3.63, 3.8) is 0 Å². The van der Waals surface area contributed by atoms with E-state index in [1.165, 1.54) is 6.08 Å². The number of halogens is 3. The van der Waals surface area contributed by atoms with Crippen LogP contribution in [0, 0.1) is 0 Å². The summed E-state index contributed by atoms with van der Waals surface area (Å²) in [6, 6.07) is -0.0782. The van der Waals surface area contributed by atoms with Crippen LogP contribution in [0.15, 0.2) is 47.2 Å². The second kappa shape index (κ2) is 7.07. The van der Waals surface area contributed by atoms with E-state index < -0.39 is 11.7 Å². The van der Waals surface area contributed by atoms with E-state index in [-0.39, 0.29) is 36.4 Å². The first kappa shape index (κ1) is 19.8. The monoisotopic (exact) mass is 407 g/mol. The number of rotatable bonds is 2. The van der Waals surface area contributed by atoms with Crippen LogP contribution in [-0.2, 0) is 4.79 Å². The van der Waals surface area contributed by atoms with Crippen LogP contribution in [0.25, 0.3) is 0 Å².